The van der Waals surface area contributed by atoms with Gasteiger partial charge in [0.15, 0.2) is 6.23 Å². The van der Waals surface area contributed by atoms with Gasteiger partial charge in [-0.05, 0) is 49.4 Å². The Morgan fingerprint density at radius 3 is 2.51 bits per heavy atom. The van der Waals surface area contributed by atoms with Gasteiger partial charge in [0.05, 0.1) is 0 Å². The minimum atomic E-state index is -1.37. The minimum absolute atomic E-state index is 0.0848. The van der Waals surface area contributed by atoms with Crippen LogP contribution in [0.1, 0.15) is 71.8 Å². The fourth-order valence-corrected chi connectivity index (χ4v) is 6.56. The number of hydrogen-bond acceptors (Lipinski definition) is 7. The zero-order valence-electron chi connectivity index (χ0n) is 22.8. The van der Waals surface area contributed by atoms with Crippen molar-refractivity contribution < 1.29 is 28.7 Å². The van der Waals surface area contributed by atoms with Crippen molar-refractivity contribution in [2.75, 3.05) is 25.0 Å². The first kappa shape index (κ1) is 27.3. The molecule has 3 saturated heterocycles. The third-order valence-electron chi connectivity index (χ3n) is 8.74. The molecule has 0 bridgehead atoms. The van der Waals surface area contributed by atoms with Crippen molar-refractivity contribution >= 4 is 29.3 Å². The van der Waals surface area contributed by atoms with E-state index < -0.39 is 30.0 Å². The van der Waals surface area contributed by atoms with Crippen LogP contribution < -0.4 is 10.6 Å². The van der Waals surface area contributed by atoms with Crippen LogP contribution in [0.2, 0.25) is 0 Å². The molecular formula is C30H34FN5O5. The van der Waals surface area contributed by atoms with Crippen LogP contribution in [-0.2, 0) is 27.5 Å². The van der Waals surface area contributed by atoms with Crippen LogP contribution in [0.25, 0.3) is 0 Å². The van der Waals surface area contributed by atoms with E-state index in [0.29, 0.717) is 35.8 Å². The number of nitrogens with one attached hydrogen (secondary N) is 2. The highest BCUT2D eigenvalue weighted by atomic mass is 19.1. The smallest absolute Gasteiger partial charge is 0.257 e. The number of imide groups is 1. The molecule has 216 valence electrons. The Balaban J connectivity index is 1.08. The lowest BCUT2D eigenvalue weighted by atomic mass is 10.0. The van der Waals surface area contributed by atoms with E-state index in [1.165, 1.54) is 0 Å². The fraction of sp³-hybridized carbons (Fsp3) is 0.467. The van der Waals surface area contributed by atoms with E-state index in [2.05, 4.69) is 15.5 Å². The van der Waals surface area contributed by atoms with Crippen molar-refractivity contribution in [2.45, 2.75) is 69.9 Å². The Morgan fingerprint density at radius 1 is 1.00 bits per heavy atom. The predicted octanol–water partition coefficient (Wildman–Crippen LogP) is 2.28. The number of halogens is 1. The Labute approximate surface area is 237 Å². The third kappa shape index (κ3) is 5.31. The Bertz CT molecular complexity index is 1390. The van der Waals surface area contributed by atoms with Gasteiger partial charge in [0.2, 0.25) is 17.7 Å². The molecule has 2 unspecified atom stereocenters. The number of likely N-dealkylation sites (tertiary alicyclic amines) is 2. The van der Waals surface area contributed by atoms with Gasteiger partial charge in [0, 0.05) is 74.0 Å². The minimum Gasteiger partial charge on any atom is -0.380 e. The predicted molar refractivity (Wildman–Crippen MR) is 147 cm³/mol. The molecule has 0 spiro atoms. The van der Waals surface area contributed by atoms with Crippen molar-refractivity contribution in [3.8, 4) is 0 Å². The lowest BCUT2D eigenvalue weighted by molar-refractivity contribution is -0.139. The van der Waals surface area contributed by atoms with Crippen molar-refractivity contribution in [3.63, 3.8) is 0 Å². The number of benzene rings is 2. The summed E-state index contributed by atoms with van der Waals surface area (Å²) in [5, 5.41) is 16.4. The molecule has 0 aliphatic carbocycles. The third-order valence-corrected chi connectivity index (χ3v) is 8.74. The number of rotatable bonds is 7. The van der Waals surface area contributed by atoms with Crippen LogP contribution in [-0.4, -0.2) is 75.2 Å². The molecule has 41 heavy (non-hydrogen) atoms. The van der Waals surface area contributed by atoms with E-state index in [-0.39, 0.29) is 36.7 Å². The molecule has 2 aromatic rings. The Hall–Kier alpha value is -3.83. The average Bonchev–Trinajstić information content (AvgIpc) is 3.49. The zero-order chi connectivity index (χ0) is 28.7. The van der Waals surface area contributed by atoms with Crippen LogP contribution in [0.4, 0.5) is 10.1 Å². The number of carbonyl (C=O) groups excluding carboxylic acids is 4. The summed E-state index contributed by atoms with van der Waals surface area (Å²) in [5.74, 6) is -1.58. The van der Waals surface area contributed by atoms with E-state index in [4.69, 9.17) is 0 Å². The highest BCUT2D eigenvalue weighted by molar-refractivity contribution is 6.06. The summed E-state index contributed by atoms with van der Waals surface area (Å²) in [5.41, 5.74) is 2.39. The lowest BCUT2D eigenvalue weighted by Gasteiger charge is -2.36. The largest absolute Gasteiger partial charge is 0.380 e. The number of fused-ring (bicyclic) bond motifs is 1. The van der Waals surface area contributed by atoms with Crippen molar-refractivity contribution in [1.82, 2.24) is 20.0 Å². The first-order valence-electron chi connectivity index (χ1n) is 14.3. The number of nitrogens with zero attached hydrogens (tertiary/aromatic N) is 3. The van der Waals surface area contributed by atoms with E-state index >= 15 is 4.39 Å². The molecule has 3 fully saturated rings. The maximum Gasteiger partial charge on any atom is 0.257 e. The van der Waals surface area contributed by atoms with Crippen LogP contribution >= 0.6 is 0 Å². The van der Waals surface area contributed by atoms with Crippen LogP contribution in [0.15, 0.2) is 36.4 Å². The second-order valence-corrected chi connectivity index (χ2v) is 11.3. The van der Waals surface area contributed by atoms with Gasteiger partial charge in [0.1, 0.15) is 11.9 Å². The Kier molecular flexibility index (Phi) is 7.48. The molecule has 4 aliphatic rings. The van der Waals surface area contributed by atoms with Crippen LogP contribution in [0.3, 0.4) is 0 Å². The first-order chi connectivity index (χ1) is 19.8. The molecule has 0 radical (unpaired) electrons. The standard InChI is InChI=1S/C30H34FN5O5/c31-22-15-18(17-34-13-10-20(11-14-34)35-12-2-5-26(35)38)6-7-19(22)16-32-23-4-1-3-21-27(23)30(41)36(29(21)40)24-8-9-25(37)33-28(24)39/h1,3-4,6-7,15,20,24,30,32,41H,2,5,8-14,16-17H2,(H,33,37,39). The molecule has 0 aromatic heterocycles. The average molecular weight is 564 g/mol. The molecule has 11 heteroatoms. The van der Waals surface area contributed by atoms with Gasteiger partial charge < -0.3 is 15.3 Å². The number of hydrogen-bond donors (Lipinski definition) is 3. The van der Waals surface area contributed by atoms with Gasteiger partial charge >= 0.3 is 0 Å². The maximum absolute atomic E-state index is 15.1. The van der Waals surface area contributed by atoms with Gasteiger partial charge in [-0.2, -0.15) is 0 Å². The van der Waals surface area contributed by atoms with Crippen molar-refractivity contribution in [3.05, 3.63) is 64.5 Å². The summed E-state index contributed by atoms with van der Waals surface area (Å²) < 4.78 is 15.1. The summed E-state index contributed by atoms with van der Waals surface area (Å²) in [4.78, 5) is 54.5. The molecule has 10 nitrogen and oxygen atoms in total. The summed E-state index contributed by atoms with van der Waals surface area (Å²) in [6, 6.07) is 9.52. The number of aliphatic hydroxyl groups excluding tert-OH is 1. The number of piperidine rings is 2. The van der Waals surface area contributed by atoms with Gasteiger partial charge in [0.25, 0.3) is 5.91 Å². The van der Waals surface area contributed by atoms with E-state index in [1.54, 1.807) is 30.3 Å². The summed E-state index contributed by atoms with van der Waals surface area (Å²) in [6.07, 6.45) is 2.34. The van der Waals surface area contributed by atoms with E-state index in [1.807, 2.05) is 11.0 Å². The molecular weight excluding hydrogens is 529 g/mol. The van der Waals surface area contributed by atoms with Gasteiger partial charge in [-0.15, -0.1) is 0 Å². The molecule has 2 atom stereocenters. The topological polar surface area (TPSA) is 122 Å². The number of anilines is 1. The molecule has 4 heterocycles. The molecule has 2 aromatic carbocycles. The van der Waals surface area contributed by atoms with Gasteiger partial charge in [-0.1, -0.05) is 18.2 Å². The zero-order valence-corrected chi connectivity index (χ0v) is 22.8. The summed E-state index contributed by atoms with van der Waals surface area (Å²) in [7, 11) is 0. The molecule has 0 saturated carbocycles. The number of amides is 4. The second kappa shape index (κ2) is 11.2. The molecule has 3 N–H and O–H groups in total. The van der Waals surface area contributed by atoms with E-state index in [0.717, 1.165) is 49.4 Å². The van der Waals surface area contributed by atoms with Crippen LogP contribution in [0, 0.1) is 5.82 Å². The molecule has 4 aliphatic heterocycles. The number of carbonyl (C=O) groups is 4. The Morgan fingerprint density at radius 2 is 1.80 bits per heavy atom. The fourth-order valence-electron chi connectivity index (χ4n) is 6.56. The summed E-state index contributed by atoms with van der Waals surface area (Å²) >= 11 is 0. The maximum atomic E-state index is 15.1. The SMILES string of the molecule is O=C1CCC(N2C(=O)c3cccc(NCc4ccc(CN5CCC(N6CCCC6=O)CC5)cc4F)c3C2O)C(=O)N1. The van der Waals surface area contributed by atoms with Gasteiger partial charge in [-0.25, -0.2) is 4.39 Å². The highest BCUT2D eigenvalue weighted by Crippen LogP contribution is 2.39. The second-order valence-electron chi connectivity index (χ2n) is 11.3. The normalized spacial score (nSPS) is 23.8. The lowest BCUT2D eigenvalue weighted by Crippen LogP contribution is -2.53. The summed E-state index contributed by atoms with van der Waals surface area (Å²) in [6.45, 7) is 3.38. The quantitative estimate of drug-likeness (QED) is 0.442. The van der Waals surface area contributed by atoms with E-state index in [9.17, 15) is 24.3 Å². The highest BCUT2D eigenvalue weighted by Gasteiger charge is 2.45. The number of aliphatic hydroxyl groups is 1. The van der Waals surface area contributed by atoms with Crippen molar-refractivity contribution in [2.24, 2.45) is 0 Å². The first-order valence-corrected chi connectivity index (χ1v) is 14.3. The molecule has 4 amide bonds. The van der Waals surface area contributed by atoms with Crippen LogP contribution in [0.5, 0.6) is 0 Å². The molecule has 6 rings (SSSR count). The van der Waals surface area contributed by atoms with Crippen molar-refractivity contribution in [1.29, 1.82) is 0 Å². The monoisotopic (exact) mass is 563 g/mol. The van der Waals surface area contributed by atoms with Gasteiger partial charge in [-0.3, -0.25) is 34.3 Å².